The summed E-state index contributed by atoms with van der Waals surface area (Å²) < 4.78 is 30.1. The molecule has 0 aliphatic heterocycles. The first-order valence-electron chi connectivity index (χ1n) is 9.84. The Balaban J connectivity index is 1.48. The van der Waals surface area contributed by atoms with Crippen LogP contribution in [0.25, 0.3) is 0 Å². The van der Waals surface area contributed by atoms with Crippen molar-refractivity contribution in [3.05, 3.63) is 47.5 Å². The maximum atomic E-state index is 12.8. The van der Waals surface area contributed by atoms with Gasteiger partial charge in [0.15, 0.2) is 0 Å². The number of nitrogens with one attached hydrogen (secondary N) is 2. The van der Waals surface area contributed by atoms with E-state index < -0.39 is 10.0 Å². The van der Waals surface area contributed by atoms with Gasteiger partial charge in [0, 0.05) is 18.4 Å². The second kappa shape index (κ2) is 7.67. The number of carbonyl (C=O) groups excluding carboxylic acids is 1. The average Bonchev–Trinajstić information content (AvgIpc) is 3.38. The van der Waals surface area contributed by atoms with E-state index in [1.165, 1.54) is 0 Å². The molecule has 28 heavy (non-hydrogen) atoms. The number of sulfonamides is 1. The van der Waals surface area contributed by atoms with Crippen LogP contribution in [0.2, 0.25) is 0 Å². The summed E-state index contributed by atoms with van der Waals surface area (Å²) in [4.78, 5) is 16.9. The maximum absolute atomic E-state index is 12.8. The quantitative estimate of drug-likeness (QED) is 0.775. The Morgan fingerprint density at radius 3 is 2.75 bits per heavy atom. The van der Waals surface area contributed by atoms with Gasteiger partial charge in [0.2, 0.25) is 15.9 Å². The fraction of sp³-hybridized carbons (Fsp3) is 0.500. The number of aryl methyl sites for hydroxylation is 2. The third-order valence-corrected chi connectivity index (χ3v) is 7.27. The first-order valence-corrected chi connectivity index (χ1v) is 11.3. The topological polar surface area (TPSA) is 93.1 Å². The van der Waals surface area contributed by atoms with Gasteiger partial charge in [0.1, 0.15) is 12.4 Å². The molecule has 1 fully saturated rings. The van der Waals surface area contributed by atoms with Gasteiger partial charge in [-0.3, -0.25) is 4.79 Å². The average molecular weight is 403 g/mol. The zero-order chi connectivity index (χ0) is 19.7. The summed E-state index contributed by atoms with van der Waals surface area (Å²) >= 11 is 0. The van der Waals surface area contributed by atoms with Gasteiger partial charge >= 0.3 is 0 Å². The first-order chi connectivity index (χ1) is 13.4. The van der Waals surface area contributed by atoms with Gasteiger partial charge in [-0.25, -0.2) is 18.1 Å². The van der Waals surface area contributed by atoms with Crippen LogP contribution in [0, 0.1) is 6.92 Å². The molecule has 7 nitrogen and oxygen atoms in total. The predicted octanol–water partition coefficient (Wildman–Crippen LogP) is 2.22. The number of amides is 1. The molecule has 1 amide bonds. The smallest absolute Gasteiger partial charge is 0.240 e. The molecule has 2 aliphatic rings. The molecule has 2 N–H and O–H groups in total. The Kier molecular flexibility index (Phi) is 5.25. The second-order valence-corrected chi connectivity index (χ2v) is 9.44. The molecule has 1 saturated carbocycles. The SMILES string of the molecule is Cc1nccn1CC(=O)N[C@@H]1CCc2ccc(S(=O)(=O)NC3CCCC3)cc21. The van der Waals surface area contributed by atoms with Crippen molar-refractivity contribution in [2.75, 3.05) is 0 Å². The number of aromatic nitrogens is 2. The van der Waals surface area contributed by atoms with Crippen LogP contribution in [0.15, 0.2) is 35.5 Å². The molecule has 0 bridgehead atoms. The summed E-state index contributed by atoms with van der Waals surface area (Å²) in [5, 5.41) is 3.05. The molecule has 2 aliphatic carbocycles. The summed E-state index contributed by atoms with van der Waals surface area (Å²) in [6.07, 6.45) is 9.00. The lowest BCUT2D eigenvalue weighted by atomic mass is 10.1. The minimum Gasteiger partial charge on any atom is -0.348 e. The van der Waals surface area contributed by atoms with Crippen LogP contribution in [0.4, 0.5) is 0 Å². The monoisotopic (exact) mass is 402 g/mol. The van der Waals surface area contributed by atoms with E-state index in [-0.39, 0.29) is 29.4 Å². The normalized spacial score (nSPS) is 19.7. The van der Waals surface area contributed by atoms with Gasteiger partial charge in [-0.05, 0) is 55.9 Å². The fourth-order valence-corrected chi connectivity index (χ4v) is 5.53. The molecule has 2 aromatic rings. The largest absolute Gasteiger partial charge is 0.348 e. The van der Waals surface area contributed by atoms with E-state index in [9.17, 15) is 13.2 Å². The van der Waals surface area contributed by atoms with E-state index >= 15 is 0 Å². The highest BCUT2D eigenvalue weighted by Gasteiger charge is 2.28. The summed E-state index contributed by atoms with van der Waals surface area (Å²) in [7, 11) is -3.54. The van der Waals surface area contributed by atoms with E-state index in [0.717, 1.165) is 55.5 Å². The minimum atomic E-state index is -3.54. The molecule has 4 rings (SSSR count). The van der Waals surface area contributed by atoms with E-state index in [2.05, 4.69) is 15.0 Å². The van der Waals surface area contributed by atoms with Gasteiger partial charge in [-0.2, -0.15) is 0 Å². The molecule has 0 unspecified atom stereocenters. The van der Waals surface area contributed by atoms with Crippen molar-refractivity contribution in [3.63, 3.8) is 0 Å². The molecule has 0 radical (unpaired) electrons. The highest BCUT2D eigenvalue weighted by molar-refractivity contribution is 7.89. The second-order valence-electron chi connectivity index (χ2n) is 7.72. The molecule has 1 aromatic carbocycles. The van der Waals surface area contributed by atoms with Gasteiger partial charge in [0.05, 0.1) is 10.9 Å². The molecule has 1 heterocycles. The van der Waals surface area contributed by atoms with Crippen LogP contribution in [0.1, 0.15) is 55.1 Å². The lowest BCUT2D eigenvalue weighted by molar-refractivity contribution is -0.122. The Labute approximate surface area is 165 Å². The standard InChI is InChI=1S/C20H26N4O3S/c1-14-21-10-11-24(14)13-20(25)22-19-9-7-15-6-8-17(12-18(15)19)28(26,27)23-16-4-2-3-5-16/h6,8,10-12,16,19,23H,2-5,7,9,13H2,1H3,(H,22,25)/t19-/m1/s1. The number of carbonyl (C=O) groups is 1. The van der Waals surface area contributed by atoms with Crippen LogP contribution >= 0.6 is 0 Å². The van der Waals surface area contributed by atoms with Crippen LogP contribution in [0.3, 0.4) is 0 Å². The fourth-order valence-electron chi connectivity index (χ4n) is 4.19. The maximum Gasteiger partial charge on any atom is 0.240 e. The first kappa shape index (κ1) is 19.1. The van der Waals surface area contributed by atoms with E-state index in [1.807, 2.05) is 13.0 Å². The lowest BCUT2D eigenvalue weighted by Gasteiger charge is -2.17. The van der Waals surface area contributed by atoms with Gasteiger partial charge in [0.25, 0.3) is 0 Å². The number of benzene rings is 1. The Morgan fingerprint density at radius 2 is 2.04 bits per heavy atom. The lowest BCUT2D eigenvalue weighted by Crippen LogP contribution is -2.33. The number of rotatable bonds is 6. The predicted molar refractivity (Wildman–Crippen MR) is 105 cm³/mol. The molecular weight excluding hydrogens is 376 g/mol. The zero-order valence-corrected chi connectivity index (χ0v) is 16.8. The van der Waals surface area contributed by atoms with E-state index in [4.69, 9.17) is 0 Å². The van der Waals surface area contributed by atoms with Crippen molar-refractivity contribution in [1.29, 1.82) is 0 Å². The van der Waals surface area contributed by atoms with Crippen molar-refractivity contribution >= 4 is 15.9 Å². The Bertz CT molecular complexity index is 977. The van der Waals surface area contributed by atoms with Crippen molar-refractivity contribution in [2.24, 2.45) is 0 Å². The van der Waals surface area contributed by atoms with Crippen molar-refractivity contribution in [2.45, 2.75) is 69.0 Å². The van der Waals surface area contributed by atoms with E-state index in [1.54, 1.807) is 29.1 Å². The van der Waals surface area contributed by atoms with Crippen molar-refractivity contribution < 1.29 is 13.2 Å². The van der Waals surface area contributed by atoms with Crippen LogP contribution in [-0.4, -0.2) is 29.9 Å². The molecule has 0 spiro atoms. The van der Waals surface area contributed by atoms with Crippen molar-refractivity contribution in [1.82, 2.24) is 19.6 Å². The summed E-state index contributed by atoms with van der Waals surface area (Å²) in [6, 6.07) is 5.16. The molecule has 1 atom stereocenters. The third kappa shape index (κ3) is 3.98. The summed E-state index contributed by atoms with van der Waals surface area (Å²) in [5.41, 5.74) is 2.01. The van der Waals surface area contributed by atoms with Gasteiger partial charge in [-0.1, -0.05) is 18.9 Å². The molecule has 0 saturated heterocycles. The zero-order valence-electron chi connectivity index (χ0n) is 16.0. The molecule has 150 valence electrons. The number of imidazole rings is 1. The van der Waals surface area contributed by atoms with Gasteiger partial charge < -0.3 is 9.88 Å². The van der Waals surface area contributed by atoms with Crippen molar-refractivity contribution in [3.8, 4) is 0 Å². The molecule has 8 heteroatoms. The third-order valence-electron chi connectivity index (χ3n) is 5.76. The number of hydrogen-bond donors (Lipinski definition) is 2. The van der Waals surface area contributed by atoms with Crippen LogP contribution in [0.5, 0.6) is 0 Å². The molecular formula is C20H26N4O3S. The van der Waals surface area contributed by atoms with Gasteiger partial charge in [-0.15, -0.1) is 0 Å². The highest BCUT2D eigenvalue weighted by Crippen LogP contribution is 2.33. The van der Waals surface area contributed by atoms with Crippen LogP contribution < -0.4 is 10.0 Å². The molecule has 1 aromatic heterocycles. The van der Waals surface area contributed by atoms with Crippen LogP contribution in [-0.2, 0) is 27.8 Å². The number of hydrogen-bond acceptors (Lipinski definition) is 4. The Hall–Kier alpha value is -2.19. The Morgan fingerprint density at radius 1 is 1.25 bits per heavy atom. The number of nitrogens with zero attached hydrogens (tertiary/aromatic N) is 2. The summed E-state index contributed by atoms with van der Waals surface area (Å²) in [6.45, 7) is 2.06. The highest BCUT2D eigenvalue weighted by atomic mass is 32.2. The summed E-state index contributed by atoms with van der Waals surface area (Å²) in [5.74, 6) is 0.685. The van der Waals surface area contributed by atoms with E-state index in [0.29, 0.717) is 0 Å². The minimum absolute atomic E-state index is 0.0344. The number of fused-ring (bicyclic) bond motifs is 1.